The van der Waals surface area contributed by atoms with Crippen LogP contribution in [0, 0.1) is 0 Å². The van der Waals surface area contributed by atoms with Gasteiger partial charge in [-0.3, -0.25) is 0 Å². The molecule has 0 spiro atoms. The molecule has 12 rings (SSSR count). The number of benzene rings is 9. The Balaban J connectivity index is 1.17. The predicted octanol–water partition coefficient (Wildman–Crippen LogP) is 9.19. The SMILES string of the molecule is c1ccc(N2B3c4ccc(-n5c6ccccc6c6ccccc65)cc4Oc4cc([Si](c5ccccc5)(c5ccccc5)c5ccccc5)cc(c43)-c3ccccc32)cc1. The van der Waals surface area contributed by atoms with Gasteiger partial charge in [0, 0.05) is 44.9 Å². The highest BCUT2D eigenvalue weighted by molar-refractivity contribution is 7.20. The quantitative estimate of drug-likeness (QED) is 0.124. The van der Waals surface area contributed by atoms with E-state index in [1.807, 2.05) is 0 Å². The van der Waals surface area contributed by atoms with E-state index in [4.69, 9.17) is 4.74 Å². The summed E-state index contributed by atoms with van der Waals surface area (Å²) >= 11 is 0. The zero-order valence-corrected chi connectivity index (χ0v) is 33.2. The summed E-state index contributed by atoms with van der Waals surface area (Å²) < 4.78 is 9.80. The first kappa shape index (κ1) is 33.8. The lowest BCUT2D eigenvalue weighted by molar-refractivity contribution is 0.487. The average molecular weight is 769 g/mol. The number of fused-ring (bicyclic) bond motifs is 7. The summed E-state index contributed by atoms with van der Waals surface area (Å²) in [6.07, 6.45) is 0. The molecule has 0 saturated heterocycles. The first-order chi connectivity index (χ1) is 29.3. The molecule has 276 valence electrons. The monoisotopic (exact) mass is 768 g/mol. The van der Waals surface area contributed by atoms with Crippen molar-refractivity contribution in [3.63, 3.8) is 0 Å². The second kappa shape index (κ2) is 13.4. The highest BCUT2D eigenvalue weighted by atomic mass is 28.3. The van der Waals surface area contributed by atoms with Gasteiger partial charge in [-0.1, -0.05) is 176 Å². The zero-order valence-electron chi connectivity index (χ0n) is 32.2. The number of nitrogens with zero attached hydrogens (tertiary/aromatic N) is 2. The summed E-state index contributed by atoms with van der Waals surface area (Å²) in [5, 5.41) is 7.77. The maximum Gasteiger partial charge on any atom is 0.336 e. The molecule has 2 aliphatic rings. The fourth-order valence-corrected chi connectivity index (χ4v) is 14.9. The van der Waals surface area contributed by atoms with Crippen LogP contribution in [0.5, 0.6) is 11.5 Å². The van der Waals surface area contributed by atoms with Crippen LogP contribution in [0.2, 0.25) is 0 Å². The van der Waals surface area contributed by atoms with Crippen molar-refractivity contribution in [1.29, 1.82) is 0 Å². The van der Waals surface area contributed by atoms with Gasteiger partial charge in [0.1, 0.15) is 11.5 Å². The summed E-state index contributed by atoms with van der Waals surface area (Å²) in [7, 11) is -2.91. The minimum Gasteiger partial charge on any atom is -0.458 e. The predicted molar refractivity (Wildman–Crippen MR) is 250 cm³/mol. The lowest BCUT2D eigenvalue weighted by Gasteiger charge is -2.43. The number of hydrogen-bond acceptors (Lipinski definition) is 2. The second-order valence-electron chi connectivity index (χ2n) is 15.6. The lowest BCUT2D eigenvalue weighted by Crippen LogP contribution is -2.75. The van der Waals surface area contributed by atoms with E-state index in [1.165, 1.54) is 64.8 Å². The Bertz CT molecular complexity index is 3050. The molecule has 0 amide bonds. The largest absolute Gasteiger partial charge is 0.458 e. The van der Waals surface area contributed by atoms with Gasteiger partial charge in [-0.15, -0.1) is 0 Å². The molecule has 1 aromatic heterocycles. The smallest absolute Gasteiger partial charge is 0.336 e. The standard InChI is InChI=1S/C54H37BN2OSi/c1-5-19-38(20-6-1)57-51-32-18-15-29-46(51)47-36-43(59(40-21-7-2-8-22-40,41-23-9-3-10-24-41)42-25-11-4-12-26-42)37-53-54(47)55(57)48-34-33-39(35-52(48)58-53)56-49-30-16-13-27-44(49)45-28-14-17-31-50(45)56/h1-37H. The molecular weight excluding hydrogens is 732 g/mol. The minimum atomic E-state index is -2.91. The molecule has 0 aliphatic carbocycles. The van der Waals surface area contributed by atoms with Gasteiger partial charge in [0.25, 0.3) is 0 Å². The third kappa shape index (κ3) is 5.02. The van der Waals surface area contributed by atoms with E-state index in [0.717, 1.165) is 28.3 Å². The number of anilines is 2. The van der Waals surface area contributed by atoms with Crippen LogP contribution in [0.3, 0.4) is 0 Å². The maximum absolute atomic E-state index is 7.41. The molecule has 0 bridgehead atoms. The van der Waals surface area contributed by atoms with Gasteiger partial charge in [0.05, 0.1) is 11.0 Å². The van der Waals surface area contributed by atoms with E-state index in [-0.39, 0.29) is 6.85 Å². The van der Waals surface area contributed by atoms with Crippen molar-refractivity contribution < 1.29 is 4.74 Å². The Hall–Kier alpha value is -7.34. The number of para-hydroxylation sites is 4. The highest BCUT2D eigenvalue weighted by Gasteiger charge is 2.47. The molecule has 0 unspecified atom stereocenters. The van der Waals surface area contributed by atoms with Crippen LogP contribution in [-0.4, -0.2) is 19.5 Å². The highest BCUT2D eigenvalue weighted by Crippen LogP contribution is 2.44. The van der Waals surface area contributed by atoms with Crippen molar-refractivity contribution in [3.8, 4) is 28.3 Å². The van der Waals surface area contributed by atoms with Crippen LogP contribution < -0.4 is 41.2 Å². The number of rotatable bonds is 6. The Morgan fingerprint density at radius 2 is 0.915 bits per heavy atom. The summed E-state index contributed by atoms with van der Waals surface area (Å²) in [5.74, 6) is 1.78. The zero-order chi connectivity index (χ0) is 38.9. The molecule has 59 heavy (non-hydrogen) atoms. The molecule has 2 aliphatic heterocycles. The van der Waals surface area contributed by atoms with Crippen LogP contribution in [0.15, 0.2) is 224 Å². The van der Waals surface area contributed by atoms with Crippen molar-refractivity contribution in [3.05, 3.63) is 224 Å². The van der Waals surface area contributed by atoms with E-state index >= 15 is 0 Å². The molecular formula is C54H37BN2OSi. The Morgan fingerprint density at radius 1 is 0.390 bits per heavy atom. The summed E-state index contributed by atoms with van der Waals surface area (Å²) in [5.41, 5.74) is 10.5. The van der Waals surface area contributed by atoms with Crippen LogP contribution >= 0.6 is 0 Å². The van der Waals surface area contributed by atoms with Crippen molar-refractivity contribution in [2.75, 3.05) is 4.81 Å². The van der Waals surface area contributed by atoms with Crippen LogP contribution in [0.1, 0.15) is 0 Å². The second-order valence-corrected chi connectivity index (χ2v) is 19.4. The number of ether oxygens (including phenoxy) is 1. The molecule has 0 fully saturated rings. The maximum atomic E-state index is 7.41. The fourth-order valence-electron chi connectivity index (χ4n) is 10.1. The van der Waals surface area contributed by atoms with E-state index in [1.54, 1.807) is 0 Å². The Labute approximate surface area is 345 Å². The summed E-state index contributed by atoms with van der Waals surface area (Å²) in [4.78, 5) is 2.53. The van der Waals surface area contributed by atoms with Crippen molar-refractivity contribution >= 4 is 79.8 Å². The van der Waals surface area contributed by atoms with Gasteiger partial charge in [0.2, 0.25) is 0 Å². The fraction of sp³-hybridized carbons (Fsp3) is 0. The molecule has 0 radical (unpaired) electrons. The van der Waals surface area contributed by atoms with E-state index in [0.29, 0.717) is 0 Å². The molecule has 0 N–H and O–H groups in total. The molecule has 10 aromatic rings. The molecule has 3 nitrogen and oxygen atoms in total. The van der Waals surface area contributed by atoms with Gasteiger partial charge >= 0.3 is 6.85 Å². The van der Waals surface area contributed by atoms with Crippen molar-refractivity contribution in [2.24, 2.45) is 0 Å². The average Bonchev–Trinajstić information content (AvgIpc) is 3.65. The topological polar surface area (TPSA) is 17.4 Å². The molecule has 5 heteroatoms. The van der Waals surface area contributed by atoms with Gasteiger partial charge < -0.3 is 14.1 Å². The van der Waals surface area contributed by atoms with Crippen LogP contribution in [0.4, 0.5) is 11.4 Å². The van der Waals surface area contributed by atoms with E-state index in [2.05, 4.69) is 234 Å². The number of hydrogen-bond donors (Lipinski definition) is 0. The third-order valence-electron chi connectivity index (χ3n) is 12.6. The van der Waals surface area contributed by atoms with Crippen LogP contribution in [-0.2, 0) is 0 Å². The Morgan fingerprint density at radius 3 is 1.53 bits per heavy atom. The van der Waals surface area contributed by atoms with Crippen LogP contribution in [0.25, 0.3) is 38.6 Å². The van der Waals surface area contributed by atoms with E-state index < -0.39 is 8.07 Å². The lowest BCUT2D eigenvalue weighted by atomic mass is 9.44. The van der Waals surface area contributed by atoms with Gasteiger partial charge in [0.15, 0.2) is 8.07 Å². The number of aromatic nitrogens is 1. The molecule has 3 heterocycles. The minimum absolute atomic E-state index is 0.122. The summed E-state index contributed by atoms with van der Waals surface area (Å²) in [6.45, 7) is -0.122. The normalized spacial score (nSPS) is 12.8. The Kier molecular flexibility index (Phi) is 7.65. The van der Waals surface area contributed by atoms with Crippen molar-refractivity contribution in [1.82, 2.24) is 4.57 Å². The summed E-state index contributed by atoms with van der Waals surface area (Å²) in [6, 6.07) is 82.5. The molecule has 9 aromatic carbocycles. The molecule has 0 atom stereocenters. The van der Waals surface area contributed by atoms with E-state index in [9.17, 15) is 0 Å². The van der Waals surface area contributed by atoms with Gasteiger partial charge in [-0.2, -0.15) is 0 Å². The molecule has 0 saturated carbocycles. The van der Waals surface area contributed by atoms with Gasteiger partial charge in [-0.05, 0) is 74.2 Å². The van der Waals surface area contributed by atoms with Gasteiger partial charge in [-0.25, -0.2) is 0 Å². The first-order valence-electron chi connectivity index (χ1n) is 20.4. The van der Waals surface area contributed by atoms with Crippen molar-refractivity contribution in [2.45, 2.75) is 0 Å². The first-order valence-corrected chi connectivity index (χ1v) is 22.4. The third-order valence-corrected chi connectivity index (χ3v) is 17.3.